The number of hydrogen-bond acceptors (Lipinski definition) is 1. The summed E-state index contributed by atoms with van der Waals surface area (Å²) in [5.74, 6) is 0.330. The summed E-state index contributed by atoms with van der Waals surface area (Å²) < 4.78 is 0. The number of nitrogens with zero attached hydrogens (tertiary/aromatic N) is 1. The van der Waals surface area contributed by atoms with Crippen LogP contribution in [0.4, 0.5) is 0 Å². The molecule has 1 aromatic rings. The lowest BCUT2D eigenvalue weighted by molar-refractivity contribution is -0.131. The molecule has 1 aromatic carbocycles. The number of rotatable bonds is 0. The van der Waals surface area contributed by atoms with Gasteiger partial charge >= 0.3 is 0 Å². The van der Waals surface area contributed by atoms with Crippen molar-refractivity contribution in [3.8, 4) is 0 Å². The summed E-state index contributed by atoms with van der Waals surface area (Å²) in [6.45, 7) is 0.783. The lowest BCUT2D eigenvalue weighted by Gasteiger charge is -2.17. The molecule has 0 saturated heterocycles. The van der Waals surface area contributed by atoms with Gasteiger partial charge < -0.3 is 4.90 Å². The van der Waals surface area contributed by atoms with Crippen LogP contribution in [-0.2, 0) is 17.6 Å². The summed E-state index contributed by atoms with van der Waals surface area (Å²) in [6, 6.07) is 4.06. The maximum absolute atomic E-state index is 12.2. The lowest BCUT2D eigenvalue weighted by atomic mass is 9.95. The molecule has 2 nitrogen and oxygen atoms in total. The number of carbonyl (C=O) groups excluding carboxylic acids is 1. The molecule has 84 valence electrons. The van der Waals surface area contributed by atoms with E-state index in [1.165, 1.54) is 16.7 Å². The SMILES string of the molecule is CN1CCc2c(Cl)ccc3c2C(CC3)C1=O. The van der Waals surface area contributed by atoms with Gasteiger partial charge in [0.2, 0.25) is 5.91 Å². The van der Waals surface area contributed by atoms with Crippen LogP contribution in [0.15, 0.2) is 12.1 Å². The van der Waals surface area contributed by atoms with E-state index in [2.05, 4.69) is 6.07 Å². The zero-order valence-electron chi connectivity index (χ0n) is 9.29. The Morgan fingerprint density at radius 2 is 2.19 bits per heavy atom. The van der Waals surface area contributed by atoms with Crippen molar-refractivity contribution in [1.82, 2.24) is 4.90 Å². The second-order valence-electron chi connectivity index (χ2n) is 4.70. The highest BCUT2D eigenvalue weighted by molar-refractivity contribution is 6.31. The Bertz CT molecular complexity index is 469. The minimum Gasteiger partial charge on any atom is -0.345 e. The standard InChI is InChI=1S/C13H14ClNO/c1-15-7-6-9-11(14)5-3-8-2-4-10(12(8)9)13(15)16/h3,5,10H,2,4,6-7H2,1H3. The smallest absolute Gasteiger partial charge is 0.229 e. The normalized spacial score (nSPS) is 23.2. The predicted molar refractivity (Wildman–Crippen MR) is 63.9 cm³/mol. The molecule has 1 heterocycles. The summed E-state index contributed by atoms with van der Waals surface area (Å²) in [4.78, 5) is 14.0. The van der Waals surface area contributed by atoms with Gasteiger partial charge in [-0.15, -0.1) is 0 Å². The van der Waals surface area contributed by atoms with Crippen molar-refractivity contribution in [2.24, 2.45) is 0 Å². The quantitative estimate of drug-likeness (QED) is 0.676. The van der Waals surface area contributed by atoms with Crippen LogP contribution >= 0.6 is 11.6 Å². The van der Waals surface area contributed by atoms with Crippen LogP contribution in [0.1, 0.15) is 29.0 Å². The molecule has 3 heteroatoms. The molecule has 1 amide bonds. The fourth-order valence-corrected chi connectivity index (χ4v) is 3.20. The highest BCUT2D eigenvalue weighted by atomic mass is 35.5. The third-order valence-corrected chi connectivity index (χ3v) is 4.17. The van der Waals surface area contributed by atoms with Crippen molar-refractivity contribution in [1.29, 1.82) is 0 Å². The zero-order chi connectivity index (χ0) is 11.3. The van der Waals surface area contributed by atoms with E-state index in [-0.39, 0.29) is 11.8 Å². The minimum atomic E-state index is 0.0659. The van der Waals surface area contributed by atoms with Crippen LogP contribution in [0.5, 0.6) is 0 Å². The number of halogens is 1. The van der Waals surface area contributed by atoms with E-state index in [4.69, 9.17) is 11.6 Å². The van der Waals surface area contributed by atoms with E-state index in [1.54, 1.807) is 0 Å². The van der Waals surface area contributed by atoms with Crippen LogP contribution in [0.25, 0.3) is 0 Å². The lowest BCUT2D eigenvalue weighted by Crippen LogP contribution is -2.30. The molecule has 1 atom stereocenters. The minimum absolute atomic E-state index is 0.0659. The van der Waals surface area contributed by atoms with Crippen molar-refractivity contribution < 1.29 is 4.79 Å². The van der Waals surface area contributed by atoms with Gasteiger partial charge in [0, 0.05) is 18.6 Å². The first kappa shape index (κ1) is 10.2. The van der Waals surface area contributed by atoms with Gasteiger partial charge in [0.05, 0.1) is 5.92 Å². The Morgan fingerprint density at radius 1 is 1.38 bits per heavy atom. The van der Waals surface area contributed by atoms with Crippen molar-refractivity contribution in [3.05, 3.63) is 33.8 Å². The van der Waals surface area contributed by atoms with Crippen molar-refractivity contribution >= 4 is 17.5 Å². The van der Waals surface area contributed by atoms with Gasteiger partial charge in [0.15, 0.2) is 0 Å². The maximum atomic E-state index is 12.2. The topological polar surface area (TPSA) is 20.3 Å². The molecule has 0 radical (unpaired) electrons. The summed E-state index contributed by atoms with van der Waals surface area (Å²) in [6.07, 6.45) is 2.86. The summed E-state index contributed by atoms with van der Waals surface area (Å²) >= 11 is 6.25. The molecule has 2 aliphatic rings. The highest BCUT2D eigenvalue weighted by Gasteiger charge is 2.35. The molecular formula is C13H14ClNO. The summed E-state index contributed by atoms with van der Waals surface area (Å²) in [5.41, 5.74) is 3.77. The maximum Gasteiger partial charge on any atom is 0.229 e. The molecule has 16 heavy (non-hydrogen) atoms. The van der Waals surface area contributed by atoms with Crippen LogP contribution in [-0.4, -0.2) is 24.4 Å². The van der Waals surface area contributed by atoms with Crippen molar-refractivity contribution in [2.75, 3.05) is 13.6 Å². The van der Waals surface area contributed by atoms with E-state index in [0.29, 0.717) is 0 Å². The summed E-state index contributed by atoms with van der Waals surface area (Å²) in [7, 11) is 1.89. The van der Waals surface area contributed by atoms with Gasteiger partial charge in [-0.3, -0.25) is 4.79 Å². The van der Waals surface area contributed by atoms with Gasteiger partial charge in [-0.2, -0.15) is 0 Å². The number of likely N-dealkylation sites (N-methyl/N-ethyl adjacent to an activating group) is 1. The Morgan fingerprint density at radius 3 is 3.00 bits per heavy atom. The molecule has 0 saturated carbocycles. The Hall–Kier alpha value is -1.02. The van der Waals surface area contributed by atoms with Crippen molar-refractivity contribution in [2.45, 2.75) is 25.2 Å². The number of benzene rings is 1. The third kappa shape index (κ3) is 1.29. The Balaban J connectivity index is 2.21. The molecule has 0 fully saturated rings. The number of carbonyl (C=O) groups is 1. The molecule has 3 rings (SSSR count). The van der Waals surface area contributed by atoms with Crippen LogP contribution in [0.2, 0.25) is 5.02 Å². The predicted octanol–water partition coefficient (Wildman–Crippen LogP) is 2.38. The van der Waals surface area contributed by atoms with Crippen LogP contribution in [0.3, 0.4) is 0 Å². The van der Waals surface area contributed by atoms with Crippen LogP contribution < -0.4 is 0 Å². The first-order valence-corrected chi connectivity index (χ1v) is 6.11. The molecule has 1 unspecified atom stereocenters. The van der Waals surface area contributed by atoms with Gasteiger partial charge in [0.1, 0.15) is 0 Å². The highest BCUT2D eigenvalue weighted by Crippen LogP contribution is 2.41. The van der Waals surface area contributed by atoms with Gasteiger partial charge in [-0.05, 0) is 42.0 Å². The van der Waals surface area contributed by atoms with E-state index in [9.17, 15) is 4.79 Å². The van der Waals surface area contributed by atoms with Crippen molar-refractivity contribution in [3.63, 3.8) is 0 Å². The van der Waals surface area contributed by atoms with Crippen LogP contribution in [0, 0.1) is 0 Å². The number of amides is 1. The molecular weight excluding hydrogens is 222 g/mol. The van der Waals surface area contributed by atoms with Gasteiger partial charge in [0.25, 0.3) is 0 Å². The molecule has 1 aliphatic heterocycles. The zero-order valence-corrected chi connectivity index (χ0v) is 10.0. The number of aryl methyl sites for hydroxylation is 1. The second-order valence-corrected chi connectivity index (χ2v) is 5.11. The van der Waals surface area contributed by atoms with Gasteiger partial charge in [-0.25, -0.2) is 0 Å². The Kier molecular flexibility index (Phi) is 2.21. The molecule has 1 aliphatic carbocycles. The molecule has 0 spiro atoms. The average molecular weight is 236 g/mol. The van der Waals surface area contributed by atoms with E-state index < -0.39 is 0 Å². The number of hydrogen-bond donors (Lipinski definition) is 0. The first-order chi connectivity index (χ1) is 7.68. The third-order valence-electron chi connectivity index (χ3n) is 3.81. The first-order valence-electron chi connectivity index (χ1n) is 5.73. The Labute approximate surface area is 100 Å². The average Bonchev–Trinajstić information content (AvgIpc) is 2.65. The molecule has 0 N–H and O–H groups in total. The summed E-state index contributed by atoms with van der Waals surface area (Å²) in [5, 5.41) is 0.828. The largest absolute Gasteiger partial charge is 0.345 e. The van der Waals surface area contributed by atoms with E-state index in [0.717, 1.165) is 30.8 Å². The monoisotopic (exact) mass is 235 g/mol. The fourth-order valence-electron chi connectivity index (χ4n) is 2.94. The van der Waals surface area contributed by atoms with Gasteiger partial charge in [-0.1, -0.05) is 17.7 Å². The van der Waals surface area contributed by atoms with E-state index >= 15 is 0 Å². The molecule has 0 bridgehead atoms. The fraction of sp³-hybridized carbons (Fsp3) is 0.462. The van der Waals surface area contributed by atoms with E-state index in [1.807, 2.05) is 18.0 Å². The molecule has 0 aromatic heterocycles. The second kappa shape index (κ2) is 3.49.